The molecule has 0 spiro atoms. The highest BCUT2D eigenvalue weighted by Crippen LogP contribution is 2.36. The minimum atomic E-state index is -4.64. The summed E-state index contributed by atoms with van der Waals surface area (Å²) in [6.07, 6.45) is -3.27. The predicted molar refractivity (Wildman–Crippen MR) is 142 cm³/mol. The van der Waals surface area contributed by atoms with Gasteiger partial charge < -0.3 is 25.8 Å². The van der Waals surface area contributed by atoms with E-state index in [0.29, 0.717) is 48.5 Å². The van der Waals surface area contributed by atoms with Crippen LogP contribution < -0.4 is 15.8 Å². The van der Waals surface area contributed by atoms with Crippen LogP contribution in [0.4, 0.5) is 29.6 Å². The quantitative estimate of drug-likeness (QED) is 0.341. The fraction of sp³-hybridized carbons (Fsp3) is 0.357. The molecule has 12 heteroatoms. The lowest BCUT2D eigenvalue weighted by atomic mass is 9.89. The number of piperidine rings is 1. The maximum Gasteiger partial charge on any atom is 0.419 e. The number of aryl methyl sites for hydroxylation is 2. The van der Waals surface area contributed by atoms with Crippen molar-refractivity contribution in [3.63, 3.8) is 0 Å². The first-order chi connectivity index (χ1) is 19.0. The number of primary amides is 1. The van der Waals surface area contributed by atoms with Crippen LogP contribution >= 0.6 is 0 Å². The van der Waals surface area contributed by atoms with Crippen LogP contribution in [0.5, 0.6) is 5.75 Å². The van der Waals surface area contributed by atoms with Gasteiger partial charge in [-0.1, -0.05) is 30.3 Å². The molecule has 40 heavy (non-hydrogen) atoms. The predicted octanol–water partition coefficient (Wildman–Crippen LogP) is 4.92. The zero-order valence-corrected chi connectivity index (χ0v) is 21.9. The Kier molecular flexibility index (Phi) is 8.76. The number of anilines is 2. The van der Waals surface area contributed by atoms with Gasteiger partial charge in [0, 0.05) is 19.3 Å². The number of alkyl halides is 3. The average molecular weight is 558 g/mol. The number of benzene rings is 2. The number of carbonyl (C=O) groups is 2. The van der Waals surface area contributed by atoms with Gasteiger partial charge in [0.1, 0.15) is 5.75 Å². The van der Waals surface area contributed by atoms with E-state index in [1.807, 2.05) is 12.1 Å². The fourth-order valence-corrected chi connectivity index (χ4v) is 4.91. The Morgan fingerprint density at radius 3 is 2.45 bits per heavy atom. The Balaban J connectivity index is 1.54. The van der Waals surface area contributed by atoms with Crippen molar-refractivity contribution in [2.75, 3.05) is 25.5 Å². The number of nitrogens with zero attached hydrogens (tertiary/aromatic N) is 3. The highest BCUT2D eigenvalue weighted by atomic mass is 19.4. The van der Waals surface area contributed by atoms with Gasteiger partial charge in [0.2, 0.25) is 11.9 Å². The maximum absolute atomic E-state index is 13.8. The zero-order chi connectivity index (χ0) is 28.9. The number of hydrogen-bond acceptors (Lipinski definition) is 6. The number of amides is 2. The summed E-state index contributed by atoms with van der Waals surface area (Å²) < 4.78 is 46.9. The van der Waals surface area contributed by atoms with Gasteiger partial charge >= 0.3 is 12.3 Å². The summed E-state index contributed by atoms with van der Waals surface area (Å²) in [5, 5.41) is 12.1. The second kappa shape index (κ2) is 12.2. The maximum atomic E-state index is 13.8. The molecule has 1 aliphatic rings. The molecular weight excluding hydrogens is 527 g/mol. The van der Waals surface area contributed by atoms with Crippen molar-refractivity contribution >= 4 is 23.6 Å². The van der Waals surface area contributed by atoms with Crippen LogP contribution in [-0.4, -0.2) is 52.2 Å². The third-order valence-electron chi connectivity index (χ3n) is 7.00. The van der Waals surface area contributed by atoms with Crippen molar-refractivity contribution in [1.82, 2.24) is 14.9 Å². The number of likely N-dealkylation sites (tertiary alicyclic amines) is 1. The number of ether oxygens (including phenoxy) is 1. The van der Waals surface area contributed by atoms with Crippen molar-refractivity contribution in [3.8, 4) is 5.75 Å². The summed E-state index contributed by atoms with van der Waals surface area (Å²) in [6, 6.07) is 12.4. The first-order valence-electron chi connectivity index (χ1n) is 12.8. The van der Waals surface area contributed by atoms with Crippen molar-refractivity contribution < 1.29 is 32.6 Å². The zero-order valence-electron chi connectivity index (χ0n) is 21.9. The number of nitrogens with one attached hydrogen (secondary N) is 1. The molecule has 1 fully saturated rings. The smallest absolute Gasteiger partial charge is 0.419 e. The molecule has 2 heterocycles. The molecule has 9 nitrogen and oxygen atoms in total. The lowest BCUT2D eigenvalue weighted by molar-refractivity contribution is -0.138. The second-order valence-electron chi connectivity index (χ2n) is 9.59. The fourth-order valence-electron chi connectivity index (χ4n) is 4.91. The number of rotatable bonds is 9. The lowest BCUT2D eigenvalue weighted by Crippen LogP contribution is -2.36. The Morgan fingerprint density at radius 2 is 1.82 bits per heavy atom. The van der Waals surface area contributed by atoms with E-state index >= 15 is 0 Å². The van der Waals surface area contributed by atoms with E-state index in [1.165, 1.54) is 12.0 Å². The van der Waals surface area contributed by atoms with E-state index in [4.69, 9.17) is 10.5 Å². The Bertz CT molecular complexity index is 1370. The molecule has 4 rings (SSSR count). The van der Waals surface area contributed by atoms with Gasteiger partial charge in [-0.2, -0.15) is 13.2 Å². The molecule has 2 aromatic carbocycles. The number of halogens is 3. The molecule has 0 bridgehead atoms. The summed E-state index contributed by atoms with van der Waals surface area (Å²) >= 11 is 0. The molecule has 1 aliphatic heterocycles. The van der Waals surface area contributed by atoms with Gasteiger partial charge in [0.05, 0.1) is 30.5 Å². The number of carbonyl (C=O) groups excluding carboxylic acids is 1. The van der Waals surface area contributed by atoms with E-state index in [1.54, 1.807) is 30.3 Å². The van der Waals surface area contributed by atoms with Gasteiger partial charge in [-0.3, -0.25) is 4.79 Å². The van der Waals surface area contributed by atoms with Gasteiger partial charge in [0.15, 0.2) is 0 Å². The van der Waals surface area contributed by atoms with Crippen molar-refractivity contribution in [2.24, 2.45) is 5.73 Å². The molecule has 0 aliphatic carbocycles. The third kappa shape index (κ3) is 6.99. The lowest BCUT2D eigenvalue weighted by Gasteiger charge is -2.30. The molecule has 3 aromatic rings. The molecule has 0 saturated carbocycles. The van der Waals surface area contributed by atoms with Crippen LogP contribution in [0, 0.1) is 0 Å². The van der Waals surface area contributed by atoms with E-state index in [0.717, 1.165) is 11.8 Å². The number of methoxy groups -OCH3 is 1. The Labute approximate surface area is 229 Å². The Morgan fingerprint density at radius 1 is 1.12 bits per heavy atom. The summed E-state index contributed by atoms with van der Waals surface area (Å²) in [4.78, 5) is 32.1. The molecule has 212 valence electrons. The molecule has 4 N–H and O–H groups in total. The van der Waals surface area contributed by atoms with Crippen LogP contribution in [0.3, 0.4) is 0 Å². The van der Waals surface area contributed by atoms with Gasteiger partial charge in [-0.15, -0.1) is 0 Å². The molecule has 0 unspecified atom stereocenters. The van der Waals surface area contributed by atoms with Crippen molar-refractivity contribution in [1.29, 1.82) is 0 Å². The summed E-state index contributed by atoms with van der Waals surface area (Å²) in [5.41, 5.74) is 7.04. The van der Waals surface area contributed by atoms with Crippen LogP contribution in [-0.2, 0) is 30.2 Å². The highest BCUT2D eigenvalue weighted by molar-refractivity contribution is 5.77. The molecular formula is C28H30F3N5O4. The minimum Gasteiger partial charge on any atom is -0.495 e. The molecule has 1 saturated heterocycles. The SMILES string of the molecule is COc1cc(C2CCN(C(=O)O)CC2)ccc1Nc1ncc(C(F)(F)F)c(CCc2ccccc2CC(N)=O)n1. The van der Waals surface area contributed by atoms with Gasteiger partial charge in [0.25, 0.3) is 0 Å². The minimum absolute atomic E-state index is 0.00660. The van der Waals surface area contributed by atoms with Crippen LogP contribution in [0.2, 0.25) is 0 Å². The van der Waals surface area contributed by atoms with Crippen LogP contribution in [0.15, 0.2) is 48.7 Å². The number of aromatic nitrogens is 2. The number of hydrogen-bond donors (Lipinski definition) is 3. The van der Waals surface area contributed by atoms with E-state index in [2.05, 4.69) is 15.3 Å². The molecule has 2 amide bonds. The summed E-state index contributed by atoms with van der Waals surface area (Å²) in [7, 11) is 1.49. The molecule has 1 aromatic heterocycles. The molecule has 0 radical (unpaired) electrons. The largest absolute Gasteiger partial charge is 0.495 e. The average Bonchev–Trinajstić information content (AvgIpc) is 2.92. The first kappa shape index (κ1) is 28.7. The van der Waals surface area contributed by atoms with Crippen molar-refractivity contribution in [2.45, 2.75) is 44.2 Å². The number of nitrogens with two attached hydrogens (primary N) is 1. The summed E-state index contributed by atoms with van der Waals surface area (Å²) in [5.74, 6) is 0.0744. The van der Waals surface area contributed by atoms with Gasteiger partial charge in [-0.25, -0.2) is 14.8 Å². The van der Waals surface area contributed by atoms with E-state index in [-0.39, 0.29) is 36.8 Å². The monoisotopic (exact) mass is 557 g/mol. The van der Waals surface area contributed by atoms with Crippen molar-refractivity contribution in [3.05, 3.63) is 76.6 Å². The topological polar surface area (TPSA) is 131 Å². The highest BCUT2D eigenvalue weighted by Gasteiger charge is 2.35. The number of carboxylic acid groups (broad SMARTS) is 1. The molecule has 0 atom stereocenters. The second-order valence-corrected chi connectivity index (χ2v) is 9.59. The van der Waals surface area contributed by atoms with Gasteiger partial charge in [-0.05, 0) is 60.4 Å². The Hall–Kier alpha value is -4.35. The standard InChI is InChI=1S/C28H30F3N5O4/c1-40-24-14-20(18-10-12-36(13-11-18)27(38)39)7-9-23(24)35-26-33-16-21(28(29,30)31)22(34-26)8-6-17-4-2-3-5-19(17)15-25(32)37/h2-5,7,9,14,16,18H,6,8,10-13,15H2,1H3,(H2,32,37)(H,38,39)(H,33,34,35). The first-order valence-corrected chi connectivity index (χ1v) is 12.8. The van der Waals surface area contributed by atoms with E-state index in [9.17, 15) is 27.9 Å². The van der Waals surface area contributed by atoms with Crippen LogP contribution in [0.25, 0.3) is 0 Å². The van der Waals surface area contributed by atoms with E-state index < -0.39 is 23.7 Å². The van der Waals surface area contributed by atoms with Crippen LogP contribution in [0.1, 0.15) is 46.7 Å². The third-order valence-corrected chi connectivity index (χ3v) is 7.00. The normalized spacial score (nSPS) is 14.2. The summed E-state index contributed by atoms with van der Waals surface area (Å²) in [6.45, 7) is 0.884.